The monoisotopic (exact) mass is 293 g/mol. The van der Waals surface area contributed by atoms with Crippen molar-refractivity contribution >= 4 is 11.9 Å². The predicted molar refractivity (Wildman–Crippen MR) is 73.1 cm³/mol. The van der Waals surface area contributed by atoms with Crippen molar-refractivity contribution in [1.82, 2.24) is 15.1 Å². The Hall–Kier alpha value is -1.89. The number of carbonyl (C=O) groups excluding carboxylic acids is 1. The number of aromatic amines is 1. The lowest BCUT2D eigenvalue weighted by atomic mass is 9.97. The molecule has 21 heavy (non-hydrogen) atoms. The maximum atomic E-state index is 12.6. The molecule has 7 heteroatoms. The van der Waals surface area contributed by atoms with E-state index in [4.69, 9.17) is 4.74 Å². The summed E-state index contributed by atoms with van der Waals surface area (Å²) >= 11 is 0. The fraction of sp³-hybridized carbons (Fsp3) is 0.643. The van der Waals surface area contributed by atoms with Gasteiger partial charge in [-0.2, -0.15) is 5.10 Å². The molecule has 1 aromatic heterocycles. The van der Waals surface area contributed by atoms with Gasteiger partial charge in [0.05, 0.1) is 6.61 Å². The number of carbonyl (C=O) groups is 2. The summed E-state index contributed by atoms with van der Waals surface area (Å²) in [5, 5.41) is 16.5. The summed E-state index contributed by atoms with van der Waals surface area (Å²) in [6.45, 7) is 0.411. The molecule has 3 rings (SSSR count). The van der Waals surface area contributed by atoms with Gasteiger partial charge in [0.1, 0.15) is 5.69 Å². The van der Waals surface area contributed by atoms with E-state index in [1.807, 2.05) is 0 Å². The van der Waals surface area contributed by atoms with Gasteiger partial charge in [-0.25, -0.2) is 4.79 Å². The number of hydrogen-bond donors (Lipinski definition) is 2. The van der Waals surface area contributed by atoms with E-state index >= 15 is 0 Å². The Balaban J connectivity index is 1.85. The van der Waals surface area contributed by atoms with Crippen LogP contribution in [-0.4, -0.2) is 57.9 Å². The highest BCUT2D eigenvalue weighted by Crippen LogP contribution is 2.39. The zero-order valence-corrected chi connectivity index (χ0v) is 12.0. The lowest BCUT2D eigenvalue weighted by Crippen LogP contribution is -2.56. The number of hydrogen-bond acceptors (Lipinski definition) is 4. The minimum Gasteiger partial charge on any atom is -0.479 e. The van der Waals surface area contributed by atoms with E-state index in [0.29, 0.717) is 31.0 Å². The van der Waals surface area contributed by atoms with E-state index in [1.165, 1.54) is 12.0 Å². The Morgan fingerprint density at radius 2 is 2.33 bits per heavy atom. The number of nitrogens with zero attached hydrogens (tertiary/aromatic N) is 2. The smallest absolute Gasteiger partial charge is 0.332 e. The summed E-state index contributed by atoms with van der Waals surface area (Å²) < 4.78 is 5.06. The standard InChI is InChI=1S/C14H19N3O4/c1-21-8-14(13(19)20)5-2-6-17(14)12(18)11-7-10(15-16-11)9-3-4-9/h7,9H,2-6,8H2,1H3,(H,15,16)(H,19,20). The molecule has 1 atom stereocenters. The molecule has 1 saturated carbocycles. The van der Waals surface area contributed by atoms with Gasteiger partial charge in [-0.1, -0.05) is 0 Å². The lowest BCUT2D eigenvalue weighted by Gasteiger charge is -2.33. The van der Waals surface area contributed by atoms with Gasteiger partial charge in [-0.05, 0) is 31.7 Å². The minimum atomic E-state index is -1.27. The second-order valence-corrected chi connectivity index (χ2v) is 5.81. The first-order valence-electron chi connectivity index (χ1n) is 7.18. The normalized spacial score (nSPS) is 25.3. The Labute approximate surface area is 122 Å². The number of methoxy groups -OCH3 is 1. The highest BCUT2D eigenvalue weighted by atomic mass is 16.5. The molecule has 1 aliphatic carbocycles. The average molecular weight is 293 g/mol. The summed E-state index contributed by atoms with van der Waals surface area (Å²) in [5.41, 5.74) is -0.0180. The van der Waals surface area contributed by atoms with Crippen LogP contribution in [0.3, 0.4) is 0 Å². The van der Waals surface area contributed by atoms with Crippen LogP contribution in [0.4, 0.5) is 0 Å². The Morgan fingerprint density at radius 3 is 2.95 bits per heavy atom. The van der Waals surface area contributed by atoms with E-state index in [-0.39, 0.29) is 12.5 Å². The highest BCUT2D eigenvalue weighted by molar-refractivity contribution is 5.97. The molecule has 1 saturated heterocycles. The summed E-state index contributed by atoms with van der Waals surface area (Å²) in [4.78, 5) is 25.7. The summed E-state index contributed by atoms with van der Waals surface area (Å²) in [7, 11) is 1.45. The number of likely N-dealkylation sites (tertiary alicyclic amines) is 1. The van der Waals surface area contributed by atoms with Crippen molar-refractivity contribution in [1.29, 1.82) is 0 Å². The van der Waals surface area contributed by atoms with Crippen molar-refractivity contribution < 1.29 is 19.4 Å². The molecule has 0 bridgehead atoms. The molecule has 2 fully saturated rings. The van der Waals surface area contributed by atoms with Crippen LogP contribution < -0.4 is 0 Å². The fourth-order valence-corrected chi connectivity index (χ4v) is 3.04. The quantitative estimate of drug-likeness (QED) is 0.844. The molecule has 1 aromatic rings. The third-order valence-corrected chi connectivity index (χ3v) is 4.35. The van der Waals surface area contributed by atoms with Crippen LogP contribution in [0.15, 0.2) is 6.07 Å². The number of rotatable bonds is 5. The number of carboxylic acid groups (broad SMARTS) is 1. The Morgan fingerprint density at radius 1 is 1.57 bits per heavy atom. The van der Waals surface area contributed by atoms with Crippen molar-refractivity contribution in [3.63, 3.8) is 0 Å². The van der Waals surface area contributed by atoms with Crippen LogP contribution in [-0.2, 0) is 9.53 Å². The van der Waals surface area contributed by atoms with Gasteiger partial charge in [0.25, 0.3) is 5.91 Å². The summed E-state index contributed by atoms with van der Waals surface area (Å²) in [5.74, 6) is -0.885. The van der Waals surface area contributed by atoms with Crippen molar-refractivity contribution in [2.45, 2.75) is 37.1 Å². The highest BCUT2D eigenvalue weighted by Gasteiger charge is 2.50. The first-order chi connectivity index (χ1) is 10.1. The maximum Gasteiger partial charge on any atom is 0.332 e. The molecule has 114 valence electrons. The first kappa shape index (κ1) is 14.1. The van der Waals surface area contributed by atoms with Crippen molar-refractivity contribution in [2.24, 2.45) is 0 Å². The van der Waals surface area contributed by atoms with E-state index < -0.39 is 11.5 Å². The molecule has 2 N–H and O–H groups in total. The molecule has 1 aliphatic heterocycles. The summed E-state index contributed by atoms with van der Waals surface area (Å²) in [6.07, 6.45) is 3.29. The second kappa shape index (κ2) is 5.14. The number of amides is 1. The Bertz CT molecular complexity index is 566. The molecular formula is C14H19N3O4. The number of H-pyrrole nitrogens is 1. The molecule has 1 unspecified atom stereocenters. The van der Waals surface area contributed by atoms with Crippen molar-refractivity contribution in [2.75, 3.05) is 20.3 Å². The van der Waals surface area contributed by atoms with Crippen LogP contribution in [0, 0.1) is 0 Å². The zero-order valence-electron chi connectivity index (χ0n) is 12.0. The molecule has 0 aromatic carbocycles. The number of ether oxygens (including phenoxy) is 1. The average Bonchev–Trinajstić information content (AvgIpc) is 3.03. The number of carboxylic acids is 1. The molecule has 7 nitrogen and oxygen atoms in total. The Kier molecular flexibility index (Phi) is 3.44. The van der Waals surface area contributed by atoms with Gasteiger partial charge in [0.2, 0.25) is 0 Å². The number of nitrogens with one attached hydrogen (secondary N) is 1. The van der Waals surface area contributed by atoms with E-state index in [9.17, 15) is 14.7 Å². The lowest BCUT2D eigenvalue weighted by molar-refractivity contribution is -0.151. The van der Waals surface area contributed by atoms with Gasteiger partial charge in [0.15, 0.2) is 5.54 Å². The van der Waals surface area contributed by atoms with Crippen LogP contribution in [0.1, 0.15) is 47.8 Å². The van der Waals surface area contributed by atoms with Gasteiger partial charge < -0.3 is 14.7 Å². The van der Waals surface area contributed by atoms with Crippen molar-refractivity contribution in [3.8, 4) is 0 Å². The van der Waals surface area contributed by atoms with E-state index in [0.717, 1.165) is 18.5 Å². The predicted octanol–water partition coefficient (Wildman–Crippen LogP) is 0.993. The topological polar surface area (TPSA) is 95.5 Å². The van der Waals surface area contributed by atoms with Crippen LogP contribution in [0.25, 0.3) is 0 Å². The van der Waals surface area contributed by atoms with Gasteiger partial charge >= 0.3 is 5.97 Å². The summed E-state index contributed by atoms with van der Waals surface area (Å²) in [6, 6.07) is 1.75. The van der Waals surface area contributed by atoms with E-state index in [1.54, 1.807) is 6.07 Å². The minimum absolute atomic E-state index is 0.00597. The van der Waals surface area contributed by atoms with Crippen LogP contribution >= 0.6 is 0 Å². The van der Waals surface area contributed by atoms with Gasteiger partial charge in [-0.15, -0.1) is 0 Å². The third kappa shape index (κ3) is 2.31. The fourth-order valence-electron chi connectivity index (χ4n) is 3.04. The van der Waals surface area contributed by atoms with Crippen molar-refractivity contribution in [3.05, 3.63) is 17.5 Å². The van der Waals surface area contributed by atoms with Crippen LogP contribution in [0.2, 0.25) is 0 Å². The SMILES string of the molecule is COCC1(C(=O)O)CCCN1C(=O)c1cc(C2CC2)[nH]n1. The molecule has 2 aliphatic rings. The molecule has 2 heterocycles. The molecule has 1 amide bonds. The largest absolute Gasteiger partial charge is 0.479 e. The van der Waals surface area contributed by atoms with Gasteiger partial charge in [-0.3, -0.25) is 9.89 Å². The van der Waals surface area contributed by atoms with Gasteiger partial charge in [0, 0.05) is 25.3 Å². The second-order valence-electron chi connectivity index (χ2n) is 5.81. The van der Waals surface area contributed by atoms with Crippen LogP contribution in [0.5, 0.6) is 0 Å². The zero-order chi connectivity index (χ0) is 15.0. The molecule has 0 radical (unpaired) electrons. The number of aliphatic carboxylic acids is 1. The maximum absolute atomic E-state index is 12.6. The number of aromatic nitrogens is 2. The van der Waals surface area contributed by atoms with E-state index in [2.05, 4.69) is 10.2 Å². The molecule has 0 spiro atoms. The molecular weight excluding hydrogens is 274 g/mol. The first-order valence-corrected chi connectivity index (χ1v) is 7.18. The third-order valence-electron chi connectivity index (χ3n) is 4.35.